The molecule has 0 fully saturated rings. The zero-order chi connectivity index (χ0) is 11.1. The van der Waals surface area contributed by atoms with Gasteiger partial charge in [0.15, 0.2) is 0 Å². The van der Waals surface area contributed by atoms with Gasteiger partial charge in [0.05, 0.1) is 0 Å². The molecule has 1 heterocycles. The molecule has 0 unspecified atom stereocenters. The van der Waals surface area contributed by atoms with E-state index in [4.69, 9.17) is 5.11 Å². The lowest BCUT2D eigenvalue weighted by atomic mass is 10.5. The maximum Gasteiger partial charge on any atom is 0.327 e. The third-order valence-corrected chi connectivity index (χ3v) is 1.07. The van der Waals surface area contributed by atoms with Crippen molar-refractivity contribution in [2.75, 3.05) is 0 Å². The van der Waals surface area contributed by atoms with Gasteiger partial charge in [-0.2, -0.15) is 0 Å². The van der Waals surface area contributed by atoms with E-state index in [2.05, 4.69) is 11.6 Å². The van der Waals surface area contributed by atoms with E-state index in [1.165, 1.54) is 6.07 Å². The van der Waals surface area contributed by atoms with Gasteiger partial charge in [0.2, 0.25) is 0 Å². The fraction of sp³-hybridized carbons (Fsp3) is 0.125. The molecule has 0 atom stereocenters. The van der Waals surface area contributed by atoms with E-state index in [1.807, 2.05) is 4.98 Å². The molecule has 14 heavy (non-hydrogen) atoms. The number of hydrogen-bond donors (Lipinski definition) is 3. The van der Waals surface area contributed by atoms with Gasteiger partial charge in [-0.3, -0.25) is 9.78 Å². The minimum absolute atomic E-state index is 0.365. The summed E-state index contributed by atoms with van der Waals surface area (Å²) in [5.41, 5.74) is -0.250. The first-order valence-corrected chi connectivity index (χ1v) is 3.61. The van der Waals surface area contributed by atoms with Crippen molar-refractivity contribution in [2.24, 2.45) is 0 Å². The summed E-state index contributed by atoms with van der Waals surface area (Å²) >= 11 is 0. The van der Waals surface area contributed by atoms with Gasteiger partial charge >= 0.3 is 11.7 Å². The minimum atomic E-state index is -0.981. The van der Waals surface area contributed by atoms with Crippen LogP contribution in [0.3, 0.4) is 0 Å². The average molecular weight is 198 g/mol. The van der Waals surface area contributed by atoms with Gasteiger partial charge in [-0.25, -0.2) is 9.59 Å². The van der Waals surface area contributed by atoms with Crippen LogP contribution in [0.1, 0.15) is 5.69 Å². The average Bonchev–Trinajstić information content (AvgIpc) is 2.02. The molecule has 0 bridgehead atoms. The number of carbonyl (C=O) groups is 1. The first-order chi connectivity index (χ1) is 6.45. The second-order valence-electron chi connectivity index (χ2n) is 2.31. The number of rotatable bonds is 1. The Morgan fingerprint density at radius 2 is 2.00 bits per heavy atom. The molecule has 0 aromatic carbocycles. The lowest BCUT2D eigenvalue weighted by Gasteiger charge is -1.85. The van der Waals surface area contributed by atoms with Crippen LogP contribution in [-0.2, 0) is 4.79 Å². The molecule has 1 aromatic heterocycles. The fourth-order valence-corrected chi connectivity index (χ4v) is 0.591. The van der Waals surface area contributed by atoms with Crippen LogP contribution in [0.25, 0.3) is 0 Å². The van der Waals surface area contributed by atoms with E-state index in [0.29, 0.717) is 5.69 Å². The van der Waals surface area contributed by atoms with E-state index >= 15 is 0 Å². The predicted octanol–water partition coefficient (Wildman–Crippen LogP) is -0.371. The molecule has 6 nitrogen and oxygen atoms in total. The molecule has 0 aliphatic rings. The van der Waals surface area contributed by atoms with Crippen LogP contribution in [0.5, 0.6) is 0 Å². The van der Waals surface area contributed by atoms with E-state index in [1.54, 1.807) is 6.92 Å². The maximum absolute atomic E-state index is 10.4. The van der Waals surface area contributed by atoms with Crippen LogP contribution < -0.4 is 11.2 Å². The molecular weight excluding hydrogens is 188 g/mol. The Hall–Kier alpha value is -2.11. The van der Waals surface area contributed by atoms with Gasteiger partial charge in [0.25, 0.3) is 5.56 Å². The highest BCUT2D eigenvalue weighted by Crippen LogP contribution is 1.73. The second kappa shape index (κ2) is 5.52. The van der Waals surface area contributed by atoms with Crippen LogP contribution in [0.15, 0.2) is 28.3 Å². The van der Waals surface area contributed by atoms with Gasteiger partial charge < -0.3 is 10.1 Å². The fourth-order valence-electron chi connectivity index (χ4n) is 0.591. The van der Waals surface area contributed by atoms with Crippen molar-refractivity contribution in [3.8, 4) is 0 Å². The van der Waals surface area contributed by atoms with Crippen molar-refractivity contribution in [2.45, 2.75) is 6.92 Å². The Kier molecular flexibility index (Phi) is 4.69. The molecule has 6 heteroatoms. The lowest BCUT2D eigenvalue weighted by molar-refractivity contribution is -0.131. The summed E-state index contributed by atoms with van der Waals surface area (Å²) in [6.45, 7) is 4.61. The summed E-state index contributed by atoms with van der Waals surface area (Å²) in [6, 6.07) is 1.32. The molecule has 76 valence electrons. The molecule has 0 spiro atoms. The first kappa shape index (κ1) is 11.9. The van der Waals surface area contributed by atoms with Crippen LogP contribution in [0.4, 0.5) is 0 Å². The maximum atomic E-state index is 10.4. The molecule has 0 radical (unpaired) electrons. The van der Waals surface area contributed by atoms with Gasteiger partial charge in [-0.05, 0) is 6.92 Å². The Morgan fingerprint density at radius 3 is 2.29 bits per heavy atom. The van der Waals surface area contributed by atoms with Gasteiger partial charge in [-0.15, -0.1) is 0 Å². The van der Waals surface area contributed by atoms with Crippen LogP contribution >= 0.6 is 0 Å². The Morgan fingerprint density at radius 1 is 1.50 bits per heavy atom. The molecule has 0 saturated carbocycles. The highest BCUT2D eigenvalue weighted by Gasteiger charge is 1.86. The number of aliphatic carboxylic acids is 1. The van der Waals surface area contributed by atoms with E-state index in [0.717, 1.165) is 6.08 Å². The summed E-state index contributed by atoms with van der Waals surface area (Å²) in [6.07, 6.45) is 0.833. The van der Waals surface area contributed by atoms with Gasteiger partial charge in [0.1, 0.15) is 0 Å². The molecule has 1 rings (SSSR count). The number of nitrogens with one attached hydrogen (secondary N) is 2. The summed E-state index contributed by atoms with van der Waals surface area (Å²) in [4.78, 5) is 34.5. The first-order valence-electron chi connectivity index (χ1n) is 3.61. The minimum Gasteiger partial charge on any atom is -0.478 e. The molecule has 0 aliphatic heterocycles. The zero-order valence-corrected chi connectivity index (χ0v) is 7.53. The van der Waals surface area contributed by atoms with Crippen LogP contribution in [-0.4, -0.2) is 21.0 Å². The molecule has 0 aliphatic carbocycles. The smallest absolute Gasteiger partial charge is 0.327 e. The third-order valence-electron chi connectivity index (χ3n) is 1.07. The Balaban J connectivity index is 0.000000292. The monoisotopic (exact) mass is 198 g/mol. The number of aryl methyl sites for hydroxylation is 1. The van der Waals surface area contributed by atoms with E-state index in [9.17, 15) is 14.4 Å². The van der Waals surface area contributed by atoms with Crippen LogP contribution in [0.2, 0.25) is 0 Å². The topological polar surface area (TPSA) is 103 Å². The number of carboxylic acid groups (broad SMARTS) is 1. The van der Waals surface area contributed by atoms with Crippen molar-refractivity contribution < 1.29 is 9.90 Å². The standard InChI is InChI=1S/C5H6N2O2.C3H4O2/c1-3-2-4(8)7-5(9)6-3;1-2-3(4)5/h2H,1H3,(H2,6,7,8,9);2H,1H2,(H,4,5). The molecule has 1 aromatic rings. The second-order valence-corrected chi connectivity index (χ2v) is 2.31. The number of aromatic nitrogens is 2. The zero-order valence-electron chi connectivity index (χ0n) is 7.53. The quantitative estimate of drug-likeness (QED) is 0.535. The largest absolute Gasteiger partial charge is 0.478 e. The highest BCUT2D eigenvalue weighted by molar-refractivity contribution is 5.78. The van der Waals surface area contributed by atoms with Crippen molar-refractivity contribution in [1.29, 1.82) is 0 Å². The summed E-state index contributed by atoms with van der Waals surface area (Å²) < 4.78 is 0. The molecule has 3 N–H and O–H groups in total. The van der Waals surface area contributed by atoms with Crippen molar-refractivity contribution in [3.63, 3.8) is 0 Å². The molecular formula is C8H10N2O4. The predicted molar refractivity (Wildman–Crippen MR) is 50.3 cm³/mol. The van der Waals surface area contributed by atoms with Crippen LogP contribution in [0, 0.1) is 6.92 Å². The number of hydrogen-bond acceptors (Lipinski definition) is 3. The normalized spacial score (nSPS) is 8.36. The van der Waals surface area contributed by atoms with Gasteiger partial charge in [0, 0.05) is 17.8 Å². The summed E-state index contributed by atoms with van der Waals surface area (Å²) in [5, 5.41) is 7.60. The van der Waals surface area contributed by atoms with Crippen molar-refractivity contribution in [3.05, 3.63) is 45.3 Å². The molecule has 0 amide bonds. The number of aromatic amines is 2. The van der Waals surface area contributed by atoms with E-state index in [-0.39, 0.29) is 5.56 Å². The Labute approximate surface area is 78.9 Å². The number of carboxylic acids is 1. The molecule has 0 saturated heterocycles. The third kappa shape index (κ3) is 5.53. The SMILES string of the molecule is C=CC(=O)O.Cc1cc(=O)[nH]c(=O)[nH]1. The highest BCUT2D eigenvalue weighted by atomic mass is 16.4. The van der Waals surface area contributed by atoms with Crippen molar-refractivity contribution in [1.82, 2.24) is 9.97 Å². The van der Waals surface area contributed by atoms with E-state index < -0.39 is 11.7 Å². The Bertz CT molecular complexity index is 401. The number of H-pyrrole nitrogens is 2. The van der Waals surface area contributed by atoms with Gasteiger partial charge in [-0.1, -0.05) is 6.58 Å². The lowest BCUT2D eigenvalue weighted by Crippen LogP contribution is -2.21. The van der Waals surface area contributed by atoms with Crippen molar-refractivity contribution >= 4 is 5.97 Å². The summed E-state index contributed by atoms with van der Waals surface area (Å²) in [5.74, 6) is -0.981. The summed E-state index contributed by atoms with van der Waals surface area (Å²) in [7, 11) is 0.